The van der Waals surface area contributed by atoms with Crippen LogP contribution in [0.2, 0.25) is 0 Å². The Hall–Kier alpha value is -2.11. The molecule has 106 valence electrons. The molecule has 0 unspecified atom stereocenters. The quantitative estimate of drug-likeness (QED) is 0.856. The Kier molecular flexibility index (Phi) is 3.92. The highest BCUT2D eigenvalue weighted by atomic mass is 19.4. The van der Waals surface area contributed by atoms with Gasteiger partial charge in [-0.2, -0.15) is 13.2 Å². The SMILES string of the molecule is Cc1ccc(F)cc1CNc1cc(C(F)(F)F)ccn1. The van der Waals surface area contributed by atoms with Crippen LogP contribution in [-0.2, 0) is 12.7 Å². The van der Waals surface area contributed by atoms with Gasteiger partial charge in [-0.3, -0.25) is 0 Å². The molecule has 6 heteroatoms. The molecule has 0 amide bonds. The maximum atomic E-state index is 13.1. The van der Waals surface area contributed by atoms with Crippen molar-refractivity contribution >= 4 is 5.82 Å². The second-order valence-electron chi connectivity index (χ2n) is 4.35. The lowest BCUT2D eigenvalue weighted by molar-refractivity contribution is -0.137. The first-order valence-corrected chi connectivity index (χ1v) is 5.88. The van der Waals surface area contributed by atoms with Crippen LogP contribution in [0.5, 0.6) is 0 Å². The largest absolute Gasteiger partial charge is 0.416 e. The molecule has 0 fully saturated rings. The zero-order valence-corrected chi connectivity index (χ0v) is 10.6. The minimum absolute atomic E-state index is 0.100. The Morgan fingerprint density at radius 3 is 2.60 bits per heavy atom. The Morgan fingerprint density at radius 2 is 1.90 bits per heavy atom. The molecular weight excluding hydrogens is 272 g/mol. The van der Waals surface area contributed by atoms with E-state index in [1.54, 1.807) is 13.0 Å². The summed E-state index contributed by atoms with van der Waals surface area (Å²) in [6, 6.07) is 6.12. The van der Waals surface area contributed by atoms with Gasteiger partial charge < -0.3 is 5.32 Å². The van der Waals surface area contributed by atoms with Gasteiger partial charge in [0.1, 0.15) is 11.6 Å². The lowest BCUT2D eigenvalue weighted by Crippen LogP contribution is -2.08. The van der Waals surface area contributed by atoms with E-state index in [2.05, 4.69) is 10.3 Å². The number of benzene rings is 1. The summed E-state index contributed by atoms with van der Waals surface area (Å²) in [6.45, 7) is 2.01. The van der Waals surface area contributed by atoms with Gasteiger partial charge in [0.05, 0.1) is 5.56 Å². The zero-order chi connectivity index (χ0) is 14.8. The number of alkyl halides is 3. The molecule has 0 aliphatic rings. The van der Waals surface area contributed by atoms with Crippen LogP contribution in [0.4, 0.5) is 23.4 Å². The molecular formula is C14H12F4N2. The van der Waals surface area contributed by atoms with E-state index in [-0.39, 0.29) is 18.2 Å². The van der Waals surface area contributed by atoms with Gasteiger partial charge in [-0.05, 0) is 42.3 Å². The zero-order valence-electron chi connectivity index (χ0n) is 10.6. The third-order valence-electron chi connectivity index (χ3n) is 2.86. The molecule has 0 radical (unpaired) electrons. The Labute approximate surface area is 113 Å². The van der Waals surface area contributed by atoms with E-state index < -0.39 is 11.7 Å². The fourth-order valence-corrected chi connectivity index (χ4v) is 1.72. The van der Waals surface area contributed by atoms with Crippen LogP contribution in [0, 0.1) is 12.7 Å². The molecule has 20 heavy (non-hydrogen) atoms. The number of rotatable bonds is 3. The number of halogens is 4. The van der Waals surface area contributed by atoms with Crippen LogP contribution in [0.25, 0.3) is 0 Å². The van der Waals surface area contributed by atoms with Crippen LogP contribution in [0.1, 0.15) is 16.7 Å². The number of aromatic nitrogens is 1. The smallest absolute Gasteiger partial charge is 0.366 e. The lowest BCUT2D eigenvalue weighted by Gasteiger charge is -2.11. The van der Waals surface area contributed by atoms with Crippen molar-refractivity contribution in [2.45, 2.75) is 19.6 Å². The summed E-state index contributed by atoms with van der Waals surface area (Å²) >= 11 is 0. The minimum atomic E-state index is -4.41. The fourth-order valence-electron chi connectivity index (χ4n) is 1.72. The van der Waals surface area contributed by atoms with Gasteiger partial charge in [0.25, 0.3) is 0 Å². The van der Waals surface area contributed by atoms with Gasteiger partial charge >= 0.3 is 6.18 Å². The molecule has 0 aliphatic carbocycles. The number of nitrogens with one attached hydrogen (secondary N) is 1. The van der Waals surface area contributed by atoms with Gasteiger partial charge in [-0.1, -0.05) is 6.07 Å². The van der Waals surface area contributed by atoms with Crippen molar-refractivity contribution < 1.29 is 17.6 Å². The van der Waals surface area contributed by atoms with E-state index in [1.165, 1.54) is 12.1 Å². The molecule has 0 bridgehead atoms. The third-order valence-corrected chi connectivity index (χ3v) is 2.86. The Morgan fingerprint density at radius 1 is 1.15 bits per heavy atom. The Bertz CT molecular complexity index is 608. The summed E-state index contributed by atoms with van der Waals surface area (Å²) in [7, 11) is 0. The van der Waals surface area contributed by atoms with Crippen molar-refractivity contribution in [3.63, 3.8) is 0 Å². The molecule has 0 spiro atoms. The molecule has 1 aromatic carbocycles. The lowest BCUT2D eigenvalue weighted by atomic mass is 10.1. The van der Waals surface area contributed by atoms with Crippen LogP contribution < -0.4 is 5.32 Å². The molecule has 0 atom stereocenters. The molecule has 2 nitrogen and oxygen atoms in total. The number of pyridine rings is 1. The minimum Gasteiger partial charge on any atom is -0.366 e. The van der Waals surface area contributed by atoms with E-state index in [4.69, 9.17) is 0 Å². The number of hydrogen-bond acceptors (Lipinski definition) is 2. The summed E-state index contributed by atoms with van der Waals surface area (Å²) in [5.41, 5.74) is 0.751. The summed E-state index contributed by atoms with van der Waals surface area (Å²) < 4.78 is 50.7. The first-order chi connectivity index (χ1) is 9.36. The molecule has 2 rings (SSSR count). The number of aryl methyl sites for hydroxylation is 1. The topological polar surface area (TPSA) is 24.9 Å². The van der Waals surface area contributed by atoms with Crippen molar-refractivity contribution in [3.05, 3.63) is 59.0 Å². The average molecular weight is 284 g/mol. The summed E-state index contributed by atoms with van der Waals surface area (Å²) in [6.07, 6.45) is -3.32. The normalized spacial score (nSPS) is 11.4. The predicted molar refractivity (Wildman–Crippen MR) is 67.7 cm³/mol. The highest BCUT2D eigenvalue weighted by Gasteiger charge is 2.30. The van der Waals surface area contributed by atoms with Gasteiger partial charge in [0.2, 0.25) is 0 Å². The summed E-state index contributed by atoms with van der Waals surface area (Å²) in [4.78, 5) is 3.82. The van der Waals surface area contributed by atoms with Gasteiger partial charge in [0, 0.05) is 12.7 Å². The van der Waals surface area contributed by atoms with Crippen molar-refractivity contribution in [2.75, 3.05) is 5.32 Å². The van der Waals surface area contributed by atoms with Gasteiger partial charge in [-0.25, -0.2) is 9.37 Å². The van der Waals surface area contributed by atoms with Gasteiger partial charge in [-0.15, -0.1) is 0 Å². The van der Waals surface area contributed by atoms with Crippen LogP contribution in [0.15, 0.2) is 36.5 Å². The van der Waals surface area contributed by atoms with Crippen LogP contribution in [0.3, 0.4) is 0 Å². The predicted octanol–water partition coefficient (Wildman–Crippen LogP) is 4.16. The van der Waals surface area contributed by atoms with E-state index in [1.807, 2.05) is 0 Å². The molecule has 0 saturated carbocycles. The summed E-state index contributed by atoms with van der Waals surface area (Å²) in [5.74, 6) is -0.284. The second-order valence-corrected chi connectivity index (χ2v) is 4.35. The molecule has 0 aliphatic heterocycles. The first-order valence-electron chi connectivity index (χ1n) is 5.88. The van der Waals surface area contributed by atoms with Crippen molar-refractivity contribution in [3.8, 4) is 0 Å². The van der Waals surface area contributed by atoms with Crippen molar-refractivity contribution in [1.82, 2.24) is 4.98 Å². The first kappa shape index (κ1) is 14.3. The van der Waals surface area contributed by atoms with E-state index in [9.17, 15) is 17.6 Å². The molecule has 1 N–H and O–H groups in total. The van der Waals surface area contributed by atoms with Gasteiger partial charge in [0.15, 0.2) is 0 Å². The Balaban J connectivity index is 2.13. The maximum Gasteiger partial charge on any atom is 0.416 e. The second kappa shape index (κ2) is 5.48. The van der Waals surface area contributed by atoms with E-state index in [0.29, 0.717) is 5.56 Å². The molecule has 1 heterocycles. The fraction of sp³-hybridized carbons (Fsp3) is 0.214. The van der Waals surface area contributed by atoms with Crippen molar-refractivity contribution in [1.29, 1.82) is 0 Å². The highest BCUT2D eigenvalue weighted by Crippen LogP contribution is 2.30. The summed E-state index contributed by atoms with van der Waals surface area (Å²) in [5, 5.41) is 2.76. The number of nitrogens with zero attached hydrogens (tertiary/aromatic N) is 1. The molecule has 0 saturated heterocycles. The third kappa shape index (κ3) is 3.46. The monoisotopic (exact) mass is 284 g/mol. The standard InChI is InChI=1S/C14H12F4N2/c1-9-2-3-12(15)6-10(9)8-20-13-7-11(4-5-19-13)14(16,17)18/h2-7H,8H2,1H3,(H,19,20). The highest BCUT2D eigenvalue weighted by molar-refractivity contribution is 5.40. The van der Waals surface area contributed by atoms with Crippen molar-refractivity contribution in [2.24, 2.45) is 0 Å². The van der Waals surface area contributed by atoms with Crippen LogP contribution >= 0.6 is 0 Å². The number of hydrogen-bond donors (Lipinski definition) is 1. The van der Waals surface area contributed by atoms with E-state index in [0.717, 1.165) is 23.9 Å². The number of anilines is 1. The maximum absolute atomic E-state index is 13.1. The molecule has 1 aromatic heterocycles. The molecule has 2 aromatic rings. The van der Waals surface area contributed by atoms with Crippen LogP contribution in [-0.4, -0.2) is 4.98 Å². The average Bonchev–Trinajstić information content (AvgIpc) is 2.39. The van der Waals surface area contributed by atoms with E-state index >= 15 is 0 Å².